The van der Waals surface area contributed by atoms with Crippen LogP contribution in [0.5, 0.6) is 5.75 Å². The number of pyridine rings is 2. The number of carbonyl (C=O) groups is 1. The molecule has 0 bridgehead atoms. The Bertz CT molecular complexity index is 1030. The maximum absolute atomic E-state index is 12.7. The molecule has 3 heterocycles. The normalized spacial score (nSPS) is 14.3. The molecule has 166 valence electrons. The molecule has 4 rings (SSSR count). The Kier molecular flexibility index (Phi) is 6.25. The molecule has 0 aliphatic carbocycles. The van der Waals surface area contributed by atoms with Gasteiger partial charge in [0.25, 0.3) is 0 Å². The number of ether oxygens (including phenoxy) is 1. The molecule has 9 heteroatoms. The van der Waals surface area contributed by atoms with Crippen LogP contribution in [0.3, 0.4) is 0 Å². The van der Waals surface area contributed by atoms with Gasteiger partial charge in [0.1, 0.15) is 11.6 Å². The lowest BCUT2D eigenvalue weighted by atomic mass is 10.1. The van der Waals surface area contributed by atoms with E-state index in [0.29, 0.717) is 44.2 Å². The van der Waals surface area contributed by atoms with Gasteiger partial charge in [-0.2, -0.15) is 13.2 Å². The Morgan fingerprint density at radius 3 is 2.28 bits per heavy atom. The van der Waals surface area contributed by atoms with E-state index in [-0.39, 0.29) is 0 Å². The molecule has 1 fully saturated rings. The maximum Gasteiger partial charge on any atom is 0.417 e. The molecule has 0 radical (unpaired) electrons. The highest BCUT2D eigenvalue weighted by Crippen LogP contribution is 2.29. The van der Waals surface area contributed by atoms with Crippen molar-refractivity contribution < 1.29 is 22.7 Å². The molecule has 1 aromatic carbocycles. The first kappa shape index (κ1) is 21.6. The van der Waals surface area contributed by atoms with Crippen molar-refractivity contribution in [3.05, 3.63) is 83.8 Å². The van der Waals surface area contributed by atoms with E-state index in [2.05, 4.69) is 9.97 Å². The third-order valence-corrected chi connectivity index (χ3v) is 5.18. The van der Waals surface area contributed by atoms with Crippen LogP contribution in [-0.2, 0) is 12.6 Å². The molecule has 0 spiro atoms. The van der Waals surface area contributed by atoms with Crippen LogP contribution in [0.4, 0.5) is 23.8 Å². The van der Waals surface area contributed by atoms with Crippen molar-refractivity contribution >= 4 is 11.9 Å². The van der Waals surface area contributed by atoms with Gasteiger partial charge in [0, 0.05) is 50.7 Å². The van der Waals surface area contributed by atoms with Gasteiger partial charge in [-0.05, 0) is 42.0 Å². The molecule has 0 unspecified atom stereocenters. The number of rotatable bonds is 4. The number of carbonyl (C=O) groups excluding carboxylic acids is 1. The quantitative estimate of drug-likeness (QED) is 0.599. The van der Waals surface area contributed by atoms with Crippen LogP contribution in [0.25, 0.3) is 0 Å². The molecular formula is C23H21F3N4O2. The Labute approximate surface area is 183 Å². The summed E-state index contributed by atoms with van der Waals surface area (Å²) in [6.07, 6.45) is -1.60. The van der Waals surface area contributed by atoms with Gasteiger partial charge in [-0.25, -0.2) is 9.78 Å². The van der Waals surface area contributed by atoms with Gasteiger partial charge in [-0.3, -0.25) is 4.98 Å². The lowest BCUT2D eigenvalue weighted by Gasteiger charge is -2.34. The number of alkyl halides is 3. The monoisotopic (exact) mass is 442 g/mol. The Morgan fingerprint density at radius 2 is 1.69 bits per heavy atom. The number of halogens is 3. The van der Waals surface area contributed by atoms with E-state index in [9.17, 15) is 18.0 Å². The summed E-state index contributed by atoms with van der Waals surface area (Å²) in [6, 6.07) is 15.4. The van der Waals surface area contributed by atoms with Gasteiger partial charge in [0.15, 0.2) is 0 Å². The molecule has 1 aliphatic rings. The molecular weight excluding hydrogens is 421 g/mol. The number of amides is 1. The molecule has 0 N–H and O–H groups in total. The van der Waals surface area contributed by atoms with Crippen LogP contribution >= 0.6 is 0 Å². The lowest BCUT2D eigenvalue weighted by Crippen LogP contribution is -2.49. The fourth-order valence-electron chi connectivity index (χ4n) is 3.41. The van der Waals surface area contributed by atoms with Crippen molar-refractivity contribution in [3.63, 3.8) is 0 Å². The summed E-state index contributed by atoms with van der Waals surface area (Å²) in [4.78, 5) is 24.1. The average Bonchev–Trinajstić information content (AvgIpc) is 2.81. The summed E-state index contributed by atoms with van der Waals surface area (Å²) in [5, 5.41) is 0. The van der Waals surface area contributed by atoms with E-state index in [1.165, 1.54) is 6.07 Å². The second-order valence-corrected chi connectivity index (χ2v) is 7.39. The summed E-state index contributed by atoms with van der Waals surface area (Å²) in [6.45, 7) is 1.69. The second-order valence-electron chi connectivity index (χ2n) is 7.39. The second kappa shape index (κ2) is 9.25. The molecule has 0 atom stereocenters. The van der Waals surface area contributed by atoms with Crippen LogP contribution in [0.2, 0.25) is 0 Å². The number of benzene rings is 1. The van der Waals surface area contributed by atoms with Crippen LogP contribution in [-0.4, -0.2) is 47.1 Å². The van der Waals surface area contributed by atoms with Crippen molar-refractivity contribution in [2.24, 2.45) is 0 Å². The number of piperazine rings is 1. The van der Waals surface area contributed by atoms with Crippen LogP contribution < -0.4 is 9.64 Å². The van der Waals surface area contributed by atoms with Gasteiger partial charge in [-0.1, -0.05) is 18.2 Å². The maximum atomic E-state index is 12.7. The Hall–Kier alpha value is -3.62. The third kappa shape index (κ3) is 5.35. The standard InChI is InChI=1S/C23H21F3N4O2/c24-23(25,26)18-6-9-21(28-16-18)29-11-13-30(14-12-29)22(31)32-20-7-4-17(5-8-20)15-19-3-1-2-10-27-19/h1-10,16H,11-15H2. The average molecular weight is 442 g/mol. The molecule has 1 aliphatic heterocycles. The van der Waals surface area contributed by atoms with E-state index in [1.54, 1.807) is 23.2 Å². The summed E-state index contributed by atoms with van der Waals surface area (Å²) in [5.41, 5.74) is 1.23. The van der Waals surface area contributed by atoms with Crippen molar-refractivity contribution in [2.75, 3.05) is 31.1 Å². The number of aromatic nitrogens is 2. The third-order valence-electron chi connectivity index (χ3n) is 5.18. The van der Waals surface area contributed by atoms with E-state index in [4.69, 9.17) is 4.74 Å². The van der Waals surface area contributed by atoms with Crippen molar-refractivity contribution in [1.82, 2.24) is 14.9 Å². The highest BCUT2D eigenvalue weighted by molar-refractivity contribution is 5.71. The predicted octanol–water partition coefficient (Wildman–Crippen LogP) is 4.41. The van der Waals surface area contributed by atoms with Crippen molar-refractivity contribution in [3.8, 4) is 5.75 Å². The Morgan fingerprint density at radius 1 is 0.938 bits per heavy atom. The van der Waals surface area contributed by atoms with Gasteiger partial charge in [0.05, 0.1) is 5.56 Å². The summed E-state index contributed by atoms with van der Waals surface area (Å²) in [5.74, 6) is 0.904. The Balaban J connectivity index is 1.28. The first-order chi connectivity index (χ1) is 15.4. The van der Waals surface area contributed by atoms with E-state index in [0.717, 1.165) is 23.5 Å². The number of nitrogens with zero attached hydrogens (tertiary/aromatic N) is 4. The predicted molar refractivity (Wildman–Crippen MR) is 113 cm³/mol. The minimum atomic E-state index is -4.41. The lowest BCUT2D eigenvalue weighted by molar-refractivity contribution is -0.137. The van der Waals surface area contributed by atoms with E-state index < -0.39 is 17.8 Å². The van der Waals surface area contributed by atoms with Gasteiger partial charge in [-0.15, -0.1) is 0 Å². The minimum Gasteiger partial charge on any atom is -0.410 e. The van der Waals surface area contributed by atoms with Crippen LogP contribution in [0, 0.1) is 0 Å². The summed E-state index contributed by atoms with van der Waals surface area (Å²) >= 11 is 0. The largest absolute Gasteiger partial charge is 0.417 e. The first-order valence-electron chi connectivity index (χ1n) is 10.1. The van der Waals surface area contributed by atoms with Crippen LogP contribution in [0.15, 0.2) is 67.0 Å². The van der Waals surface area contributed by atoms with Crippen molar-refractivity contribution in [1.29, 1.82) is 0 Å². The number of hydrogen-bond donors (Lipinski definition) is 0. The molecule has 32 heavy (non-hydrogen) atoms. The van der Waals surface area contributed by atoms with Crippen molar-refractivity contribution in [2.45, 2.75) is 12.6 Å². The first-order valence-corrected chi connectivity index (χ1v) is 10.1. The fraction of sp³-hybridized carbons (Fsp3) is 0.261. The molecule has 0 saturated carbocycles. The molecule has 6 nitrogen and oxygen atoms in total. The number of hydrogen-bond acceptors (Lipinski definition) is 5. The topological polar surface area (TPSA) is 58.6 Å². The summed E-state index contributed by atoms with van der Waals surface area (Å²) < 4.78 is 43.5. The van der Waals surface area contributed by atoms with E-state index in [1.807, 2.05) is 35.2 Å². The molecule has 1 saturated heterocycles. The van der Waals surface area contributed by atoms with Crippen LogP contribution in [0.1, 0.15) is 16.8 Å². The van der Waals surface area contributed by atoms with Gasteiger partial charge < -0.3 is 14.5 Å². The minimum absolute atomic E-state index is 0.388. The zero-order valence-electron chi connectivity index (χ0n) is 17.1. The van der Waals surface area contributed by atoms with Gasteiger partial charge in [0.2, 0.25) is 0 Å². The SMILES string of the molecule is O=C(Oc1ccc(Cc2ccccn2)cc1)N1CCN(c2ccc(C(F)(F)F)cn2)CC1. The zero-order valence-corrected chi connectivity index (χ0v) is 17.1. The molecule has 1 amide bonds. The molecule has 2 aromatic heterocycles. The van der Waals surface area contributed by atoms with E-state index >= 15 is 0 Å². The number of anilines is 1. The zero-order chi connectivity index (χ0) is 22.6. The van der Waals surface area contributed by atoms with Gasteiger partial charge >= 0.3 is 12.3 Å². The highest BCUT2D eigenvalue weighted by atomic mass is 19.4. The smallest absolute Gasteiger partial charge is 0.410 e. The highest BCUT2D eigenvalue weighted by Gasteiger charge is 2.31. The summed E-state index contributed by atoms with van der Waals surface area (Å²) in [7, 11) is 0. The molecule has 3 aromatic rings. The fourth-order valence-corrected chi connectivity index (χ4v) is 3.41.